The number of unbranched alkanes of at least 4 members (excludes halogenated alkanes) is 12. The van der Waals surface area contributed by atoms with E-state index in [0.717, 1.165) is 57.8 Å². The van der Waals surface area contributed by atoms with E-state index in [1.807, 2.05) is 13.8 Å². The monoisotopic (exact) mass is 480 g/mol. The van der Waals surface area contributed by atoms with Crippen molar-refractivity contribution in [2.75, 3.05) is 0 Å². The molecule has 4 nitrogen and oxygen atoms in total. The Morgan fingerprint density at radius 1 is 0.559 bits per heavy atom. The van der Waals surface area contributed by atoms with Crippen LogP contribution in [0.3, 0.4) is 0 Å². The minimum absolute atomic E-state index is 0.0246. The molecule has 4 heteroatoms. The van der Waals surface area contributed by atoms with E-state index in [-0.39, 0.29) is 24.1 Å². The lowest BCUT2D eigenvalue weighted by molar-refractivity contribution is -0.149. The van der Waals surface area contributed by atoms with Gasteiger partial charge in [-0.1, -0.05) is 90.2 Å². The van der Waals surface area contributed by atoms with E-state index in [1.54, 1.807) is 0 Å². The van der Waals surface area contributed by atoms with Gasteiger partial charge in [-0.25, -0.2) is 0 Å². The summed E-state index contributed by atoms with van der Waals surface area (Å²) in [6.07, 6.45) is 26.7. The molecule has 0 heterocycles. The molecule has 0 aromatic carbocycles. The summed E-state index contributed by atoms with van der Waals surface area (Å²) in [5, 5.41) is 0. The summed E-state index contributed by atoms with van der Waals surface area (Å²) in [5.74, 6) is -0.0567. The fraction of sp³-hybridized carbons (Fsp3) is 0.867. The second-order valence-electron chi connectivity index (χ2n) is 9.97. The lowest BCUT2D eigenvalue weighted by Gasteiger charge is -2.11. The third-order valence-electron chi connectivity index (χ3n) is 6.23. The molecule has 0 spiro atoms. The second-order valence-corrected chi connectivity index (χ2v) is 9.97. The van der Waals surface area contributed by atoms with Gasteiger partial charge in [0.05, 0.1) is 12.2 Å². The van der Waals surface area contributed by atoms with Crippen LogP contribution in [0.4, 0.5) is 0 Å². The summed E-state index contributed by atoms with van der Waals surface area (Å²) >= 11 is 0. The predicted octanol–water partition coefficient (Wildman–Crippen LogP) is 9.25. The number of rotatable bonds is 24. The van der Waals surface area contributed by atoms with Crippen LogP contribution in [-0.2, 0) is 19.1 Å². The van der Waals surface area contributed by atoms with E-state index in [1.165, 1.54) is 57.8 Å². The molecule has 0 saturated carbocycles. The van der Waals surface area contributed by atoms with Crippen LogP contribution >= 0.6 is 0 Å². The van der Waals surface area contributed by atoms with Crippen molar-refractivity contribution in [3.05, 3.63) is 12.2 Å². The first-order valence-electron chi connectivity index (χ1n) is 14.5. The van der Waals surface area contributed by atoms with E-state index >= 15 is 0 Å². The first kappa shape index (κ1) is 32.7. The van der Waals surface area contributed by atoms with Gasteiger partial charge in [-0.3, -0.25) is 9.59 Å². The van der Waals surface area contributed by atoms with Crippen molar-refractivity contribution in [3.63, 3.8) is 0 Å². The number of ether oxygens (including phenoxy) is 2. The number of allylic oxidation sites excluding steroid dienone is 2. The molecule has 0 radical (unpaired) electrons. The minimum atomic E-state index is -0.0321. The zero-order valence-electron chi connectivity index (χ0n) is 23.1. The Kier molecular flexibility index (Phi) is 23.8. The van der Waals surface area contributed by atoms with Crippen molar-refractivity contribution in [3.8, 4) is 0 Å². The van der Waals surface area contributed by atoms with Gasteiger partial charge in [0.1, 0.15) is 0 Å². The molecular formula is C30H56O4. The Labute approximate surface area is 211 Å². The quantitative estimate of drug-likeness (QED) is 0.0784. The summed E-state index contributed by atoms with van der Waals surface area (Å²) in [7, 11) is 0. The Morgan fingerprint density at radius 2 is 0.882 bits per heavy atom. The number of esters is 2. The molecule has 0 aliphatic carbocycles. The molecule has 0 rings (SSSR count). The average molecular weight is 481 g/mol. The zero-order chi connectivity index (χ0) is 25.3. The fourth-order valence-corrected chi connectivity index (χ4v) is 4.21. The highest BCUT2D eigenvalue weighted by Gasteiger charge is 2.08. The van der Waals surface area contributed by atoms with Crippen molar-refractivity contribution < 1.29 is 19.1 Å². The SMILES string of the molecule is CCCC(C)OC(=O)CCCCCC/C=C/CCCCCCCCCCC(=O)OC(C)CCC. The molecule has 0 amide bonds. The summed E-state index contributed by atoms with van der Waals surface area (Å²) in [6, 6.07) is 0. The number of hydrogen-bond acceptors (Lipinski definition) is 4. The van der Waals surface area contributed by atoms with Gasteiger partial charge < -0.3 is 9.47 Å². The third kappa shape index (κ3) is 23.8. The minimum Gasteiger partial charge on any atom is -0.463 e. The summed E-state index contributed by atoms with van der Waals surface area (Å²) < 4.78 is 10.8. The summed E-state index contributed by atoms with van der Waals surface area (Å²) in [6.45, 7) is 8.19. The highest BCUT2D eigenvalue weighted by molar-refractivity contribution is 5.69. The highest BCUT2D eigenvalue weighted by Crippen LogP contribution is 2.13. The second kappa shape index (κ2) is 24.8. The van der Waals surface area contributed by atoms with Gasteiger partial charge >= 0.3 is 11.9 Å². The summed E-state index contributed by atoms with van der Waals surface area (Å²) in [4.78, 5) is 23.4. The standard InChI is InChI=1S/C30H56O4/c1-5-23-27(3)33-29(31)25-21-19-17-15-13-11-9-7-8-10-12-14-16-18-20-22-26-30(32)34-28(4)24-6-2/h9,11,27-28H,5-8,10,12-26H2,1-4H3/b11-9+. The Morgan fingerprint density at radius 3 is 1.24 bits per heavy atom. The van der Waals surface area contributed by atoms with E-state index in [0.29, 0.717) is 12.8 Å². The van der Waals surface area contributed by atoms with Crippen molar-refractivity contribution in [2.45, 2.75) is 168 Å². The molecule has 0 N–H and O–H groups in total. The summed E-state index contributed by atoms with van der Waals surface area (Å²) in [5.41, 5.74) is 0. The molecule has 0 aliphatic heterocycles. The van der Waals surface area contributed by atoms with Crippen LogP contribution in [0.2, 0.25) is 0 Å². The van der Waals surface area contributed by atoms with E-state index in [4.69, 9.17) is 9.47 Å². The first-order chi connectivity index (χ1) is 16.5. The van der Waals surface area contributed by atoms with E-state index < -0.39 is 0 Å². The molecule has 0 aromatic heterocycles. The van der Waals surface area contributed by atoms with Gasteiger partial charge in [-0.05, 0) is 65.2 Å². The van der Waals surface area contributed by atoms with Crippen LogP contribution < -0.4 is 0 Å². The van der Waals surface area contributed by atoms with Gasteiger partial charge in [0.2, 0.25) is 0 Å². The van der Waals surface area contributed by atoms with Crippen LogP contribution in [0.1, 0.15) is 156 Å². The Hall–Kier alpha value is -1.32. The van der Waals surface area contributed by atoms with Crippen LogP contribution in [0.15, 0.2) is 12.2 Å². The van der Waals surface area contributed by atoms with E-state index in [2.05, 4.69) is 26.0 Å². The molecule has 0 aliphatic rings. The van der Waals surface area contributed by atoms with Gasteiger partial charge in [0.15, 0.2) is 0 Å². The zero-order valence-corrected chi connectivity index (χ0v) is 23.1. The fourth-order valence-electron chi connectivity index (χ4n) is 4.21. The van der Waals surface area contributed by atoms with E-state index in [9.17, 15) is 9.59 Å². The highest BCUT2D eigenvalue weighted by atomic mass is 16.5. The van der Waals surface area contributed by atoms with Crippen LogP contribution in [0.5, 0.6) is 0 Å². The number of carbonyl (C=O) groups is 2. The molecule has 200 valence electrons. The largest absolute Gasteiger partial charge is 0.463 e. The van der Waals surface area contributed by atoms with Crippen molar-refractivity contribution in [2.24, 2.45) is 0 Å². The van der Waals surface area contributed by atoms with Gasteiger partial charge in [0, 0.05) is 12.8 Å². The van der Waals surface area contributed by atoms with Crippen molar-refractivity contribution in [1.29, 1.82) is 0 Å². The maximum atomic E-state index is 11.7. The lowest BCUT2D eigenvalue weighted by Crippen LogP contribution is -2.14. The molecule has 0 aromatic rings. The maximum Gasteiger partial charge on any atom is 0.306 e. The predicted molar refractivity (Wildman–Crippen MR) is 144 cm³/mol. The Bertz CT molecular complexity index is 500. The topological polar surface area (TPSA) is 52.6 Å². The molecule has 0 bridgehead atoms. The van der Waals surface area contributed by atoms with Gasteiger partial charge in [0.25, 0.3) is 0 Å². The number of hydrogen-bond donors (Lipinski definition) is 0. The molecule has 2 atom stereocenters. The lowest BCUT2D eigenvalue weighted by atomic mass is 10.1. The van der Waals surface area contributed by atoms with Crippen LogP contribution in [0, 0.1) is 0 Å². The van der Waals surface area contributed by atoms with Crippen LogP contribution in [0.25, 0.3) is 0 Å². The first-order valence-corrected chi connectivity index (χ1v) is 14.5. The van der Waals surface area contributed by atoms with Crippen molar-refractivity contribution in [1.82, 2.24) is 0 Å². The molecule has 0 fully saturated rings. The van der Waals surface area contributed by atoms with Crippen LogP contribution in [-0.4, -0.2) is 24.1 Å². The Balaban J connectivity index is 3.31. The normalized spacial score (nSPS) is 13.2. The molecule has 34 heavy (non-hydrogen) atoms. The molecule has 2 unspecified atom stereocenters. The smallest absolute Gasteiger partial charge is 0.306 e. The third-order valence-corrected chi connectivity index (χ3v) is 6.23. The molecular weight excluding hydrogens is 424 g/mol. The number of carbonyl (C=O) groups excluding carboxylic acids is 2. The average Bonchev–Trinajstić information content (AvgIpc) is 2.78. The van der Waals surface area contributed by atoms with Gasteiger partial charge in [-0.2, -0.15) is 0 Å². The molecule has 0 saturated heterocycles. The van der Waals surface area contributed by atoms with Crippen molar-refractivity contribution >= 4 is 11.9 Å². The van der Waals surface area contributed by atoms with Gasteiger partial charge in [-0.15, -0.1) is 0 Å². The maximum absolute atomic E-state index is 11.7.